The van der Waals surface area contributed by atoms with Gasteiger partial charge in [0.25, 0.3) is 5.91 Å². The normalized spacial score (nSPS) is 11.4. The van der Waals surface area contributed by atoms with Crippen LogP contribution in [0.2, 0.25) is 0 Å². The molecular weight excluding hydrogens is 387 g/mol. The number of carbonyl (C=O) groups excluding carboxylic acids is 1. The molecule has 0 aliphatic heterocycles. The van der Waals surface area contributed by atoms with E-state index in [1.807, 2.05) is 0 Å². The molecule has 0 aliphatic carbocycles. The summed E-state index contributed by atoms with van der Waals surface area (Å²) in [6.45, 7) is 4.21. The molecule has 0 spiro atoms. The van der Waals surface area contributed by atoms with Crippen LogP contribution < -0.4 is 10.0 Å². The van der Waals surface area contributed by atoms with Gasteiger partial charge in [-0.25, -0.2) is 17.5 Å². The van der Waals surface area contributed by atoms with E-state index in [-0.39, 0.29) is 23.2 Å². The second-order valence-corrected chi connectivity index (χ2v) is 8.83. The standard InChI is InChI=1S/C19H23FN2O3S2/c1-3-22-27(24,25)17-10-5-14(2)18(13-17)19(23)21-11-4-12-26-16-8-6-15(20)7-9-16/h5-10,13,22H,3-4,11-12H2,1-2H3,(H,21,23). The Kier molecular flexibility index (Phi) is 7.82. The predicted molar refractivity (Wildman–Crippen MR) is 106 cm³/mol. The third-order valence-corrected chi connectivity index (χ3v) is 6.43. The molecule has 0 heterocycles. The van der Waals surface area contributed by atoms with Gasteiger partial charge in [0, 0.05) is 23.5 Å². The molecule has 0 aromatic heterocycles. The van der Waals surface area contributed by atoms with Crippen molar-refractivity contribution >= 4 is 27.7 Å². The van der Waals surface area contributed by atoms with Gasteiger partial charge in [-0.05, 0) is 61.1 Å². The fraction of sp³-hybridized carbons (Fsp3) is 0.316. The van der Waals surface area contributed by atoms with Gasteiger partial charge in [-0.15, -0.1) is 11.8 Å². The molecule has 8 heteroatoms. The Labute approximate surface area is 163 Å². The predicted octanol–water partition coefficient (Wildman–Crippen LogP) is 3.34. The molecule has 0 bridgehead atoms. The summed E-state index contributed by atoms with van der Waals surface area (Å²) in [5, 5.41) is 2.82. The van der Waals surface area contributed by atoms with E-state index in [1.54, 1.807) is 43.8 Å². The molecule has 2 aromatic carbocycles. The van der Waals surface area contributed by atoms with Gasteiger partial charge in [-0.1, -0.05) is 13.0 Å². The smallest absolute Gasteiger partial charge is 0.251 e. The molecule has 2 N–H and O–H groups in total. The lowest BCUT2D eigenvalue weighted by molar-refractivity contribution is 0.0953. The van der Waals surface area contributed by atoms with Crippen LogP contribution in [0, 0.1) is 12.7 Å². The van der Waals surface area contributed by atoms with E-state index in [1.165, 1.54) is 24.3 Å². The average molecular weight is 411 g/mol. The maximum absolute atomic E-state index is 12.9. The van der Waals surface area contributed by atoms with Crippen molar-refractivity contribution in [2.75, 3.05) is 18.8 Å². The van der Waals surface area contributed by atoms with Crippen LogP contribution in [-0.4, -0.2) is 33.2 Å². The van der Waals surface area contributed by atoms with Crippen molar-refractivity contribution < 1.29 is 17.6 Å². The summed E-state index contributed by atoms with van der Waals surface area (Å²) in [4.78, 5) is 13.4. The van der Waals surface area contributed by atoms with E-state index in [9.17, 15) is 17.6 Å². The molecule has 2 rings (SSSR count). The van der Waals surface area contributed by atoms with Gasteiger partial charge < -0.3 is 5.32 Å². The van der Waals surface area contributed by atoms with Crippen LogP contribution in [0.25, 0.3) is 0 Å². The van der Waals surface area contributed by atoms with E-state index in [0.29, 0.717) is 17.7 Å². The Bertz CT molecular complexity index is 884. The molecule has 27 heavy (non-hydrogen) atoms. The molecule has 0 saturated carbocycles. The first-order valence-electron chi connectivity index (χ1n) is 8.60. The van der Waals surface area contributed by atoms with E-state index in [4.69, 9.17) is 0 Å². The number of aryl methyl sites for hydroxylation is 1. The molecule has 0 saturated heterocycles. The Balaban J connectivity index is 1.89. The highest BCUT2D eigenvalue weighted by Crippen LogP contribution is 2.19. The SMILES string of the molecule is CCNS(=O)(=O)c1ccc(C)c(C(=O)NCCCSc2ccc(F)cc2)c1. The molecule has 0 fully saturated rings. The van der Waals surface area contributed by atoms with Crippen molar-refractivity contribution in [3.05, 3.63) is 59.4 Å². The number of benzene rings is 2. The molecular formula is C19H23FN2O3S2. The number of rotatable bonds is 9. The maximum Gasteiger partial charge on any atom is 0.251 e. The van der Waals surface area contributed by atoms with Crippen LogP contribution in [0.1, 0.15) is 29.3 Å². The minimum Gasteiger partial charge on any atom is -0.352 e. The zero-order valence-corrected chi connectivity index (χ0v) is 16.9. The molecule has 0 atom stereocenters. The lowest BCUT2D eigenvalue weighted by Crippen LogP contribution is -2.27. The number of thioether (sulfide) groups is 1. The highest BCUT2D eigenvalue weighted by molar-refractivity contribution is 7.99. The Hall–Kier alpha value is -1.90. The second kappa shape index (κ2) is 9.87. The average Bonchev–Trinajstić information content (AvgIpc) is 2.63. The van der Waals surface area contributed by atoms with Gasteiger partial charge in [0.2, 0.25) is 10.0 Å². The summed E-state index contributed by atoms with van der Waals surface area (Å²) in [5.41, 5.74) is 1.06. The highest BCUT2D eigenvalue weighted by Gasteiger charge is 2.17. The fourth-order valence-corrected chi connectivity index (χ4v) is 4.30. The van der Waals surface area contributed by atoms with E-state index in [0.717, 1.165) is 17.1 Å². The van der Waals surface area contributed by atoms with Crippen LogP contribution >= 0.6 is 11.8 Å². The summed E-state index contributed by atoms with van der Waals surface area (Å²) in [7, 11) is -3.61. The maximum atomic E-state index is 12.9. The van der Waals surface area contributed by atoms with Crippen molar-refractivity contribution in [1.82, 2.24) is 10.0 Å². The lowest BCUT2D eigenvalue weighted by atomic mass is 10.1. The van der Waals surface area contributed by atoms with Gasteiger partial charge >= 0.3 is 0 Å². The van der Waals surface area contributed by atoms with E-state index < -0.39 is 10.0 Å². The Morgan fingerprint density at radius 2 is 1.85 bits per heavy atom. The molecule has 0 radical (unpaired) electrons. The summed E-state index contributed by atoms with van der Waals surface area (Å²) in [5.74, 6) is 0.216. The molecule has 2 aromatic rings. The monoisotopic (exact) mass is 410 g/mol. The van der Waals surface area contributed by atoms with Crippen molar-refractivity contribution in [2.45, 2.75) is 30.1 Å². The van der Waals surface area contributed by atoms with Gasteiger partial charge in [-0.3, -0.25) is 4.79 Å². The molecule has 1 amide bonds. The van der Waals surface area contributed by atoms with E-state index >= 15 is 0 Å². The number of nitrogens with one attached hydrogen (secondary N) is 2. The number of sulfonamides is 1. The van der Waals surface area contributed by atoms with Crippen LogP contribution in [0.5, 0.6) is 0 Å². The highest BCUT2D eigenvalue weighted by atomic mass is 32.2. The van der Waals surface area contributed by atoms with Crippen molar-refractivity contribution in [1.29, 1.82) is 0 Å². The number of hydrogen-bond donors (Lipinski definition) is 2. The van der Waals surface area contributed by atoms with Gasteiger partial charge in [0.15, 0.2) is 0 Å². The van der Waals surface area contributed by atoms with Gasteiger partial charge in [-0.2, -0.15) is 0 Å². The van der Waals surface area contributed by atoms with Crippen LogP contribution in [0.15, 0.2) is 52.3 Å². The van der Waals surface area contributed by atoms with Crippen molar-refractivity contribution in [3.8, 4) is 0 Å². The van der Waals surface area contributed by atoms with E-state index in [2.05, 4.69) is 10.0 Å². The third-order valence-electron chi connectivity index (χ3n) is 3.79. The van der Waals surface area contributed by atoms with Gasteiger partial charge in [0.05, 0.1) is 4.90 Å². The van der Waals surface area contributed by atoms with Crippen molar-refractivity contribution in [3.63, 3.8) is 0 Å². The lowest BCUT2D eigenvalue weighted by Gasteiger charge is -2.10. The fourth-order valence-electron chi connectivity index (χ4n) is 2.38. The minimum absolute atomic E-state index is 0.0759. The zero-order chi connectivity index (χ0) is 19.9. The first-order valence-corrected chi connectivity index (χ1v) is 11.1. The first-order chi connectivity index (χ1) is 12.8. The summed E-state index contributed by atoms with van der Waals surface area (Å²) >= 11 is 1.59. The first kappa shape index (κ1) is 21.4. The van der Waals surface area contributed by atoms with Crippen molar-refractivity contribution in [2.24, 2.45) is 0 Å². The second-order valence-electron chi connectivity index (χ2n) is 5.89. The summed E-state index contributed by atoms with van der Waals surface area (Å²) < 4.78 is 39.5. The number of hydrogen-bond acceptors (Lipinski definition) is 4. The van der Waals surface area contributed by atoms with Gasteiger partial charge in [0.1, 0.15) is 5.82 Å². The molecule has 0 aliphatic rings. The quantitative estimate of drug-likeness (QED) is 0.491. The zero-order valence-electron chi connectivity index (χ0n) is 15.3. The van der Waals surface area contributed by atoms with Crippen LogP contribution in [0.3, 0.4) is 0 Å². The number of halogens is 1. The number of carbonyl (C=O) groups is 1. The van der Waals surface area contributed by atoms with Crippen LogP contribution in [0.4, 0.5) is 4.39 Å². The molecule has 146 valence electrons. The third kappa shape index (κ3) is 6.34. The molecule has 0 unspecified atom stereocenters. The Morgan fingerprint density at radius 3 is 2.52 bits per heavy atom. The Morgan fingerprint density at radius 1 is 1.15 bits per heavy atom. The molecule has 5 nitrogen and oxygen atoms in total. The topological polar surface area (TPSA) is 75.3 Å². The summed E-state index contributed by atoms with van der Waals surface area (Å²) in [6.07, 6.45) is 0.738. The number of amides is 1. The largest absolute Gasteiger partial charge is 0.352 e. The minimum atomic E-state index is -3.61. The van der Waals surface area contributed by atoms with Crippen LogP contribution in [-0.2, 0) is 10.0 Å². The summed E-state index contributed by atoms with van der Waals surface area (Å²) in [6, 6.07) is 10.8.